The lowest BCUT2D eigenvalue weighted by molar-refractivity contribution is 0.588. The fourth-order valence-corrected chi connectivity index (χ4v) is 2.17. The lowest BCUT2D eigenvalue weighted by Gasteiger charge is -2.00. The van der Waals surface area contributed by atoms with E-state index in [0.29, 0.717) is 21.1 Å². The van der Waals surface area contributed by atoms with Gasteiger partial charge in [0.1, 0.15) is 17.5 Å². The van der Waals surface area contributed by atoms with Crippen LogP contribution in [0.2, 0.25) is 10.0 Å². The molecule has 1 N–H and O–H groups in total. The topological polar surface area (TPSA) is 28.7 Å². The first kappa shape index (κ1) is 12.4. The number of aromatic nitrogens is 2. The van der Waals surface area contributed by atoms with Crippen LogP contribution in [-0.2, 0) is 0 Å². The van der Waals surface area contributed by atoms with E-state index in [4.69, 9.17) is 23.2 Å². The molecule has 3 rings (SSSR count). The molecule has 19 heavy (non-hydrogen) atoms. The minimum Gasteiger partial charge on any atom is -0.338 e. The number of nitrogens with one attached hydrogen (secondary N) is 1. The number of fused-ring (bicyclic) bond motifs is 1. The zero-order valence-electron chi connectivity index (χ0n) is 9.35. The van der Waals surface area contributed by atoms with Gasteiger partial charge < -0.3 is 4.98 Å². The van der Waals surface area contributed by atoms with E-state index in [1.54, 1.807) is 6.07 Å². The van der Waals surface area contributed by atoms with Crippen LogP contribution < -0.4 is 0 Å². The van der Waals surface area contributed by atoms with E-state index in [1.165, 1.54) is 24.3 Å². The molecule has 1 heterocycles. The highest BCUT2D eigenvalue weighted by molar-refractivity contribution is 6.42. The molecule has 96 valence electrons. The molecule has 0 aliphatic carbocycles. The maximum atomic E-state index is 13.7. The van der Waals surface area contributed by atoms with Crippen LogP contribution in [0.5, 0.6) is 0 Å². The van der Waals surface area contributed by atoms with Crippen molar-refractivity contribution >= 4 is 34.2 Å². The van der Waals surface area contributed by atoms with Gasteiger partial charge in [-0.15, -0.1) is 0 Å². The molecule has 0 unspecified atom stereocenters. The van der Waals surface area contributed by atoms with E-state index in [-0.39, 0.29) is 11.4 Å². The molecule has 0 saturated carbocycles. The van der Waals surface area contributed by atoms with Crippen LogP contribution in [0.3, 0.4) is 0 Å². The maximum Gasteiger partial charge on any atom is 0.144 e. The Morgan fingerprint density at radius 3 is 2.32 bits per heavy atom. The summed E-state index contributed by atoms with van der Waals surface area (Å²) in [4.78, 5) is 6.96. The van der Waals surface area contributed by atoms with Gasteiger partial charge in [0.25, 0.3) is 0 Å². The van der Waals surface area contributed by atoms with Crippen LogP contribution in [0.1, 0.15) is 0 Å². The molecule has 6 heteroatoms. The van der Waals surface area contributed by atoms with E-state index >= 15 is 0 Å². The largest absolute Gasteiger partial charge is 0.338 e. The van der Waals surface area contributed by atoms with Crippen molar-refractivity contribution in [1.82, 2.24) is 9.97 Å². The molecule has 0 radical (unpaired) electrons. The van der Waals surface area contributed by atoms with E-state index in [2.05, 4.69) is 9.97 Å². The number of halogens is 4. The molecular formula is C13H6Cl2F2N2. The van der Waals surface area contributed by atoms with E-state index in [9.17, 15) is 8.78 Å². The number of nitrogens with zero attached hydrogens (tertiary/aromatic N) is 1. The summed E-state index contributed by atoms with van der Waals surface area (Å²) >= 11 is 11.7. The Hall–Kier alpha value is -1.65. The summed E-state index contributed by atoms with van der Waals surface area (Å²) in [5.74, 6) is -1.27. The number of benzene rings is 2. The molecule has 0 bridgehead atoms. The fourth-order valence-electron chi connectivity index (χ4n) is 1.85. The third kappa shape index (κ3) is 2.07. The molecule has 0 spiro atoms. The van der Waals surface area contributed by atoms with Crippen LogP contribution in [-0.4, -0.2) is 9.97 Å². The molecule has 0 aliphatic rings. The first-order valence-corrected chi connectivity index (χ1v) is 6.11. The van der Waals surface area contributed by atoms with Crippen LogP contribution in [0.4, 0.5) is 8.78 Å². The van der Waals surface area contributed by atoms with Crippen molar-refractivity contribution in [2.45, 2.75) is 0 Å². The molecule has 2 nitrogen and oxygen atoms in total. The number of hydrogen-bond acceptors (Lipinski definition) is 1. The zero-order chi connectivity index (χ0) is 13.6. The summed E-state index contributed by atoms with van der Waals surface area (Å²) in [5, 5.41) is 0.680. The highest BCUT2D eigenvalue weighted by atomic mass is 35.5. The summed E-state index contributed by atoms with van der Waals surface area (Å²) in [6, 6.07) is 6.74. The number of H-pyrrole nitrogens is 1. The van der Waals surface area contributed by atoms with Crippen molar-refractivity contribution < 1.29 is 8.78 Å². The Labute approximate surface area is 117 Å². The second-order valence-corrected chi connectivity index (χ2v) is 4.78. The second-order valence-electron chi connectivity index (χ2n) is 3.97. The van der Waals surface area contributed by atoms with Crippen molar-refractivity contribution in [2.75, 3.05) is 0 Å². The third-order valence-corrected chi connectivity index (χ3v) is 3.45. The van der Waals surface area contributed by atoms with E-state index in [1.807, 2.05) is 0 Å². The van der Waals surface area contributed by atoms with Crippen LogP contribution in [0.25, 0.3) is 22.4 Å². The highest BCUT2D eigenvalue weighted by Crippen LogP contribution is 2.30. The lowest BCUT2D eigenvalue weighted by atomic mass is 10.2. The quantitative estimate of drug-likeness (QED) is 0.686. The molecule has 0 aliphatic heterocycles. The number of imidazole rings is 1. The lowest BCUT2D eigenvalue weighted by Crippen LogP contribution is -1.90. The predicted molar refractivity (Wildman–Crippen MR) is 71.5 cm³/mol. The first-order chi connectivity index (χ1) is 9.06. The molecule has 1 aromatic heterocycles. The van der Waals surface area contributed by atoms with Crippen LogP contribution in [0.15, 0.2) is 30.3 Å². The molecule has 0 fully saturated rings. The second kappa shape index (κ2) is 4.47. The van der Waals surface area contributed by atoms with E-state index < -0.39 is 11.6 Å². The van der Waals surface area contributed by atoms with Crippen molar-refractivity contribution in [3.8, 4) is 11.4 Å². The Morgan fingerprint density at radius 2 is 1.63 bits per heavy atom. The highest BCUT2D eigenvalue weighted by Gasteiger charge is 2.15. The molecular weight excluding hydrogens is 293 g/mol. The standard InChI is InChI=1S/C13H6Cl2F2N2/c14-6-4-10-11(5-7(6)15)19-13(18-10)12-8(16)2-1-3-9(12)17/h1-5H,(H,18,19). The summed E-state index contributed by atoms with van der Waals surface area (Å²) in [6.45, 7) is 0. The molecule has 2 aromatic carbocycles. The van der Waals surface area contributed by atoms with Gasteiger partial charge in [-0.3, -0.25) is 0 Å². The Balaban J connectivity index is 2.26. The van der Waals surface area contributed by atoms with Gasteiger partial charge >= 0.3 is 0 Å². The van der Waals surface area contributed by atoms with Gasteiger partial charge in [-0.1, -0.05) is 29.3 Å². The maximum absolute atomic E-state index is 13.7. The monoisotopic (exact) mass is 298 g/mol. The molecule has 0 amide bonds. The molecule has 0 atom stereocenters. The summed E-state index contributed by atoms with van der Waals surface area (Å²) < 4.78 is 27.3. The SMILES string of the molecule is Fc1cccc(F)c1-c1nc2cc(Cl)c(Cl)cc2[nH]1. The summed E-state index contributed by atoms with van der Waals surface area (Å²) in [6.07, 6.45) is 0. The van der Waals surface area contributed by atoms with Gasteiger partial charge in [-0.05, 0) is 24.3 Å². The summed E-state index contributed by atoms with van der Waals surface area (Å²) in [5.41, 5.74) is 0.852. The van der Waals surface area contributed by atoms with Crippen molar-refractivity contribution in [3.05, 3.63) is 52.0 Å². The van der Waals surface area contributed by atoms with Gasteiger partial charge in [-0.2, -0.15) is 0 Å². The van der Waals surface area contributed by atoms with Gasteiger partial charge in [0.05, 0.1) is 26.6 Å². The predicted octanol–water partition coefficient (Wildman–Crippen LogP) is 4.81. The number of aromatic amines is 1. The van der Waals surface area contributed by atoms with Crippen LogP contribution in [0, 0.1) is 11.6 Å². The first-order valence-electron chi connectivity index (χ1n) is 5.35. The van der Waals surface area contributed by atoms with Crippen molar-refractivity contribution in [2.24, 2.45) is 0 Å². The van der Waals surface area contributed by atoms with Gasteiger partial charge in [0, 0.05) is 0 Å². The Morgan fingerprint density at radius 1 is 1.00 bits per heavy atom. The minimum absolute atomic E-state index is 0.101. The zero-order valence-corrected chi connectivity index (χ0v) is 10.9. The van der Waals surface area contributed by atoms with Crippen molar-refractivity contribution in [3.63, 3.8) is 0 Å². The van der Waals surface area contributed by atoms with Gasteiger partial charge in [0.2, 0.25) is 0 Å². The minimum atomic E-state index is -0.684. The Bertz CT molecular complexity index is 724. The molecule has 3 aromatic rings. The normalized spacial score (nSPS) is 11.2. The smallest absolute Gasteiger partial charge is 0.144 e. The third-order valence-electron chi connectivity index (χ3n) is 2.72. The fraction of sp³-hybridized carbons (Fsp3) is 0. The van der Waals surface area contributed by atoms with E-state index in [0.717, 1.165) is 0 Å². The van der Waals surface area contributed by atoms with Crippen LogP contribution >= 0.6 is 23.2 Å². The van der Waals surface area contributed by atoms with Crippen molar-refractivity contribution in [1.29, 1.82) is 0 Å². The summed E-state index contributed by atoms with van der Waals surface area (Å²) in [7, 11) is 0. The Kier molecular flexibility index (Phi) is 2.92. The number of hydrogen-bond donors (Lipinski definition) is 1. The average molecular weight is 299 g/mol. The van der Waals surface area contributed by atoms with Gasteiger partial charge in [0.15, 0.2) is 0 Å². The molecule has 0 saturated heterocycles. The average Bonchev–Trinajstić information content (AvgIpc) is 2.72. The number of rotatable bonds is 1. The van der Waals surface area contributed by atoms with Gasteiger partial charge in [-0.25, -0.2) is 13.8 Å².